The van der Waals surface area contributed by atoms with Crippen LogP contribution in [0.15, 0.2) is 36.4 Å². The number of hydrogen-bond acceptors (Lipinski definition) is 1. The van der Waals surface area contributed by atoms with Crippen molar-refractivity contribution in [3.63, 3.8) is 0 Å². The number of aliphatic hydroxyl groups excluding tert-OH is 1. The van der Waals surface area contributed by atoms with Crippen LogP contribution in [0.5, 0.6) is 0 Å². The first kappa shape index (κ1) is 14.6. The molecule has 0 amide bonds. The van der Waals surface area contributed by atoms with Crippen molar-refractivity contribution >= 4 is 0 Å². The van der Waals surface area contributed by atoms with Crippen LogP contribution in [0.2, 0.25) is 0 Å². The fraction of sp³-hybridized carbons (Fsp3) is 0.250. The van der Waals surface area contributed by atoms with E-state index in [0.29, 0.717) is 5.56 Å². The number of hydrogen-bond donors (Lipinski definition) is 1. The fourth-order valence-corrected chi connectivity index (χ4v) is 2.30. The van der Waals surface area contributed by atoms with Crippen LogP contribution >= 0.6 is 0 Å². The Bertz CT molecular complexity index is 600. The van der Waals surface area contributed by atoms with E-state index in [1.165, 1.54) is 30.3 Å². The van der Waals surface area contributed by atoms with Gasteiger partial charge in [-0.15, -0.1) is 0 Å². The second-order valence-corrected chi connectivity index (χ2v) is 4.85. The standard InChI is InChI=1S/C16H15F3O/c1-9-6-10(2)14(13(17)7-9)15(20)11-4-3-5-12(8-11)16(18)19/h3-8,15-16,20H,1-2H3. The maximum Gasteiger partial charge on any atom is 0.263 e. The van der Waals surface area contributed by atoms with Crippen LogP contribution in [0.25, 0.3) is 0 Å². The molecule has 1 atom stereocenters. The summed E-state index contributed by atoms with van der Waals surface area (Å²) in [7, 11) is 0. The Labute approximate surface area is 115 Å². The van der Waals surface area contributed by atoms with E-state index in [2.05, 4.69) is 0 Å². The largest absolute Gasteiger partial charge is 0.384 e. The SMILES string of the molecule is Cc1cc(C)c(C(O)c2cccc(C(F)F)c2)c(F)c1. The lowest BCUT2D eigenvalue weighted by molar-refractivity contribution is 0.150. The molecular weight excluding hydrogens is 265 g/mol. The molecule has 0 spiro atoms. The second-order valence-electron chi connectivity index (χ2n) is 4.85. The molecule has 0 aromatic heterocycles. The Morgan fingerprint density at radius 1 is 1.00 bits per heavy atom. The monoisotopic (exact) mass is 280 g/mol. The first-order valence-corrected chi connectivity index (χ1v) is 6.23. The molecule has 0 bridgehead atoms. The lowest BCUT2D eigenvalue weighted by Crippen LogP contribution is -2.06. The van der Waals surface area contributed by atoms with Gasteiger partial charge in [0.15, 0.2) is 0 Å². The van der Waals surface area contributed by atoms with E-state index in [9.17, 15) is 18.3 Å². The molecule has 1 N–H and O–H groups in total. The molecule has 0 aliphatic carbocycles. The van der Waals surface area contributed by atoms with Crippen molar-refractivity contribution in [2.75, 3.05) is 0 Å². The molecule has 0 heterocycles. The van der Waals surface area contributed by atoms with Crippen LogP contribution in [-0.2, 0) is 0 Å². The zero-order valence-corrected chi connectivity index (χ0v) is 11.2. The highest BCUT2D eigenvalue weighted by Crippen LogP contribution is 2.30. The van der Waals surface area contributed by atoms with E-state index < -0.39 is 18.3 Å². The number of aryl methyl sites for hydroxylation is 2. The smallest absolute Gasteiger partial charge is 0.263 e. The third-order valence-electron chi connectivity index (χ3n) is 3.23. The number of halogens is 3. The zero-order chi connectivity index (χ0) is 14.9. The second kappa shape index (κ2) is 5.67. The predicted molar refractivity (Wildman–Crippen MR) is 71.3 cm³/mol. The van der Waals surface area contributed by atoms with Gasteiger partial charge in [-0.2, -0.15) is 0 Å². The molecule has 0 aliphatic rings. The minimum Gasteiger partial charge on any atom is -0.384 e. The summed E-state index contributed by atoms with van der Waals surface area (Å²) in [5.41, 5.74) is 1.54. The molecule has 1 unspecified atom stereocenters. The summed E-state index contributed by atoms with van der Waals surface area (Å²) in [5.74, 6) is -0.530. The molecule has 2 aromatic carbocycles. The Kier molecular flexibility index (Phi) is 4.14. The molecule has 2 rings (SSSR count). The number of alkyl halides is 2. The minimum absolute atomic E-state index is 0.127. The van der Waals surface area contributed by atoms with Gasteiger partial charge in [0.2, 0.25) is 0 Å². The summed E-state index contributed by atoms with van der Waals surface area (Å²) >= 11 is 0. The van der Waals surface area contributed by atoms with Crippen LogP contribution < -0.4 is 0 Å². The van der Waals surface area contributed by atoms with E-state index >= 15 is 0 Å². The lowest BCUT2D eigenvalue weighted by atomic mass is 9.94. The van der Waals surface area contributed by atoms with Crippen molar-refractivity contribution in [3.05, 3.63) is 70.0 Å². The summed E-state index contributed by atoms with van der Waals surface area (Å²) < 4.78 is 39.3. The third kappa shape index (κ3) is 2.85. The molecule has 0 aliphatic heterocycles. The van der Waals surface area contributed by atoms with Gasteiger partial charge in [-0.1, -0.05) is 24.3 Å². The Hall–Kier alpha value is -1.81. The average molecular weight is 280 g/mol. The van der Waals surface area contributed by atoms with Gasteiger partial charge in [0.1, 0.15) is 11.9 Å². The summed E-state index contributed by atoms with van der Waals surface area (Å²) in [4.78, 5) is 0. The molecule has 2 aromatic rings. The van der Waals surface area contributed by atoms with Crippen molar-refractivity contribution in [1.29, 1.82) is 0 Å². The van der Waals surface area contributed by atoms with E-state index in [-0.39, 0.29) is 16.7 Å². The highest BCUT2D eigenvalue weighted by Gasteiger charge is 2.19. The number of benzene rings is 2. The van der Waals surface area contributed by atoms with E-state index in [4.69, 9.17) is 0 Å². The average Bonchev–Trinajstić information content (AvgIpc) is 2.37. The summed E-state index contributed by atoms with van der Waals surface area (Å²) in [5, 5.41) is 10.3. The molecule has 1 nitrogen and oxygen atoms in total. The van der Waals surface area contributed by atoms with Crippen molar-refractivity contribution in [2.45, 2.75) is 26.4 Å². The third-order valence-corrected chi connectivity index (χ3v) is 3.23. The number of aliphatic hydroxyl groups is 1. The topological polar surface area (TPSA) is 20.2 Å². The van der Waals surface area contributed by atoms with Crippen LogP contribution in [0.3, 0.4) is 0 Å². The highest BCUT2D eigenvalue weighted by molar-refractivity contribution is 5.39. The fourth-order valence-electron chi connectivity index (χ4n) is 2.30. The summed E-state index contributed by atoms with van der Waals surface area (Å²) in [6.07, 6.45) is -3.87. The van der Waals surface area contributed by atoms with E-state index in [1.807, 2.05) is 0 Å². The van der Waals surface area contributed by atoms with Crippen molar-refractivity contribution < 1.29 is 18.3 Å². The quantitative estimate of drug-likeness (QED) is 0.880. The van der Waals surface area contributed by atoms with Crippen molar-refractivity contribution in [2.24, 2.45) is 0 Å². The van der Waals surface area contributed by atoms with Gasteiger partial charge in [-0.3, -0.25) is 0 Å². The van der Waals surface area contributed by atoms with Gasteiger partial charge in [-0.05, 0) is 42.7 Å². The zero-order valence-electron chi connectivity index (χ0n) is 11.2. The molecular formula is C16H15F3O. The highest BCUT2D eigenvalue weighted by atomic mass is 19.3. The maximum atomic E-state index is 14.0. The van der Waals surface area contributed by atoms with Crippen LogP contribution in [0.1, 0.15) is 40.3 Å². The van der Waals surface area contributed by atoms with Gasteiger partial charge < -0.3 is 5.11 Å². The summed E-state index contributed by atoms with van der Waals surface area (Å²) in [6.45, 7) is 3.44. The normalized spacial score (nSPS) is 12.8. The van der Waals surface area contributed by atoms with Crippen LogP contribution in [-0.4, -0.2) is 5.11 Å². The Morgan fingerprint density at radius 2 is 1.65 bits per heavy atom. The molecule has 4 heteroatoms. The van der Waals surface area contributed by atoms with Gasteiger partial charge in [0, 0.05) is 11.1 Å². The van der Waals surface area contributed by atoms with Crippen molar-refractivity contribution in [1.82, 2.24) is 0 Å². The van der Waals surface area contributed by atoms with Crippen molar-refractivity contribution in [3.8, 4) is 0 Å². The minimum atomic E-state index is -2.62. The Balaban J connectivity index is 2.46. The first-order chi connectivity index (χ1) is 9.40. The van der Waals surface area contributed by atoms with Gasteiger partial charge in [0.25, 0.3) is 6.43 Å². The van der Waals surface area contributed by atoms with Gasteiger partial charge >= 0.3 is 0 Å². The van der Waals surface area contributed by atoms with E-state index in [0.717, 1.165) is 5.56 Å². The molecule has 0 fully saturated rings. The predicted octanol–water partition coefficient (Wildman–Crippen LogP) is 4.46. The molecule has 0 saturated heterocycles. The van der Waals surface area contributed by atoms with Crippen LogP contribution in [0.4, 0.5) is 13.2 Å². The molecule has 0 saturated carbocycles. The van der Waals surface area contributed by atoms with E-state index in [1.54, 1.807) is 19.9 Å². The Morgan fingerprint density at radius 3 is 2.25 bits per heavy atom. The van der Waals surface area contributed by atoms with Gasteiger partial charge in [0.05, 0.1) is 0 Å². The van der Waals surface area contributed by atoms with Crippen LogP contribution in [0, 0.1) is 19.7 Å². The first-order valence-electron chi connectivity index (χ1n) is 6.23. The molecule has 106 valence electrons. The lowest BCUT2D eigenvalue weighted by Gasteiger charge is -2.16. The summed E-state index contributed by atoms with van der Waals surface area (Å²) in [6, 6.07) is 8.49. The number of rotatable bonds is 3. The molecule has 20 heavy (non-hydrogen) atoms. The van der Waals surface area contributed by atoms with Gasteiger partial charge in [-0.25, -0.2) is 13.2 Å². The molecule has 0 radical (unpaired) electrons. The maximum absolute atomic E-state index is 14.0.